The van der Waals surface area contributed by atoms with E-state index < -0.39 is 28.5 Å². The zero-order valence-corrected chi connectivity index (χ0v) is 21.3. The van der Waals surface area contributed by atoms with E-state index in [1.54, 1.807) is 49.6 Å². The van der Waals surface area contributed by atoms with Crippen LogP contribution in [0.15, 0.2) is 54.6 Å². The maximum Gasteiger partial charge on any atom is 0.244 e. The molecule has 2 rings (SSSR count). The van der Waals surface area contributed by atoms with Gasteiger partial charge in [-0.25, -0.2) is 8.42 Å². The highest BCUT2D eigenvalue weighted by molar-refractivity contribution is 7.92. The maximum absolute atomic E-state index is 13.6. The van der Waals surface area contributed by atoms with Gasteiger partial charge in [-0.15, -0.1) is 0 Å². The summed E-state index contributed by atoms with van der Waals surface area (Å²) in [5.41, 5.74) is 1.19. The maximum atomic E-state index is 13.6. The lowest BCUT2D eigenvalue weighted by Crippen LogP contribution is -2.53. The second-order valence-corrected chi connectivity index (χ2v) is 10.1. The van der Waals surface area contributed by atoms with Crippen molar-refractivity contribution in [1.82, 2.24) is 10.2 Å². The zero-order chi connectivity index (χ0) is 25.3. The molecule has 0 saturated carbocycles. The second-order valence-electron chi connectivity index (χ2n) is 8.22. The van der Waals surface area contributed by atoms with E-state index in [1.165, 1.54) is 4.90 Å². The van der Waals surface area contributed by atoms with Gasteiger partial charge in [0.05, 0.1) is 19.1 Å². The molecule has 2 aromatic rings. The minimum atomic E-state index is -3.74. The van der Waals surface area contributed by atoms with Crippen molar-refractivity contribution < 1.29 is 22.7 Å². The van der Waals surface area contributed by atoms with Crippen LogP contribution in [-0.2, 0) is 26.2 Å². The molecule has 0 spiro atoms. The van der Waals surface area contributed by atoms with Crippen molar-refractivity contribution in [2.45, 2.75) is 52.2 Å². The van der Waals surface area contributed by atoms with Gasteiger partial charge >= 0.3 is 0 Å². The third-order valence-corrected chi connectivity index (χ3v) is 6.76. The van der Waals surface area contributed by atoms with Crippen molar-refractivity contribution in [2.24, 2.45) is 0 Å². The van der Waals surface area contributed by atoms with Gasteiger partial charge < -0.3 is 15.0 Å². The number of carbonyl (C=O) groups is 2. The lowest BCUT2D eigenvalue weighted by atomic mass is 10.1. The molecule has 2 aromatic carbocycles. The minimum Gasteiger partial charge on any atom is -0.497 e. The van der Waals surface area contributed by atoms with E-state index in [0.717, 1.165) is 22.5 Å². The highest BCUT2D eigenvalue weighted by Crippen LogP contribution is 2.20. The Morgan fingerprint density at radius 2 is 1.62 bits per heavy atom. The van der Waals surface area contributed by atoms with Crippen molar-refractivity contribution in [3.05, 3.63) is 60.2 Å². The van der Waals surface area contributed by atoms with E-state index in [1.807, 2.05) is 32.9 Å². The summed E-state index contributed by atoms with van der Waals surface area (Å²) in [7, 11) is -2.17. The number of nitrogens with one attached hydrogen (secondary N) is 1. The van der Waals surface area contributed by atoms with Crippen LogP contribution in [0.1, 0.15) is 39.2 Å². The van der Waals surface area contributed by atoms with Gasteiger partial charge in [0.2, 0.25) is 21.8 Å². The molecule has 0 saturated heterocycles. The first kappa shape index (κ1) is 27.2. The van der Waals surface area contributed by atoms with Crippen LogP contribution in [0.2, 0.25) is 0 Å². The molecule has 0 fully saturated rings. The number of methoxy groups -OCH3 is 1. The Balaban J connectivity index is 2.40. The van der Waals surface area contributed by atoms with Gasteiger partial charge in [-0.05, 0) is 49.6 Å². The summed E-state index contributed by atoms with van der Waals surface area (Å²) in [4.78, 5) is 28.1. The van der Waals surface area contributed by atoms with Crippen LogP contribution in [0.5, 0.6) is 5.75 Å². The molecular weight excluding hydrogens is 454 g/mol. The fourth-order valence-electron chi connectivity index (χ4n) is 3.50. The van der Waals surface area contributed by atoms with Gasteiger partial charge in [0, 0.05) is 12.6 Å². The number of carbonyl (C=O) groups excluding carboxylic acids is 2. The number of amides is 2. The number of anilines is 1. The average Bonchev–Trinajstić information content (AvgIpc) is 2.82. The molecule has 0 bridgehead atoms. The Labute approximate surface area is 202 Å². The first-order valence-corrected chi connectivity index (χ1v) is 13.2. The lowest BCUT2D eigenvalue weighted by Gasteiger charge is -2.33. The molecule has 0 heterocycles. The number of hydrogen-bond donors (Lipinski definition) is 1. The first-order valence-electron chi connectivity index (χ1n) is 11.4. The van der Waals surface area contributed by atoms with Crippen molar-refractivity contribution in [3.8, 4) is 5.75 Å². The highest BCUT2D eigenvalue weighted by Gasteiger charge is 2.32. The third-order valence-electron chi connectivity index (χ3n) is 5.62. The zero-order valence-electron chi connectivity index (χ0n) is 20.5. The smallest absolute Gasteiger partial charge is 0.244 e. The third kappa shape index (κ3) is 7.48. The molecule has 2 amide bonds. The fourth-order valence-corrected chi connectivity index (χ4v) is 4.35. The molecular formula is C25H35N3O5S. The van der Waals surface area contributed by atoms with Gasteiger partial charge in [0.1, 0.15) is 18.3 Å². The molecule has 9 heteroatoms. The normalized spacial score (nSPS) is 13.0. The van der Waals surface area contributed by atoms with E-state index in [2.05, 4.69) is 5.32 Å². The van der Waals surface area contributed by atoms with Crippen molar-refractivity contribution in [2.75, 3.05) is 24.2 Å². The van der Waals surface area contributed by atoms with Crippen molar-refractivity contribution >= 4 is 27.5 Å². The quantitative estimate of drug-likeness (QED) is 0.494. The van der Waals surface area contributed by atoms with Gasteiger partial charge in [-0.2, -0.15) is 0 Å². The summed E-state index contributed by atoms with van der Waals surface area (Å²) in [6, 6.07) is 14.9. The number of rotatable bonds is 12. The summed E-state index contributed by atoms with van der Waals surface area (Å²) in [5, 5.41) is 2.95. The molecule has 0 aliphatic carbocycles. The Hall–Kier alpha value is -3.07. The Bertz CT molecular complexity index is 1040. The number of hydrogen-bond acceptors (Lipinski definition) is 5. The molecule has 34 heavy (non-hydrogen) atoms. The molecule has 8 nitrogen and oxygen atoms in total. The lowest BCUT2D eigenvalue weighted by molar-refractivity contribution is -0.140. The largest absolute Gasteiger partial charge is 0.497 e. The van der Waals surface area contributed by atoms with E-state index in [9.17, 15) is 18.0 Å². The number of para-hydroxylation sites is 1. The van der Waals surface area contributed by atoms with E-state index in [-0.39, 0.29) is 18.5 Å². The van der Waals surface area contributed by atoms with E-state index in [0.29, 0.717) is 17.9 Å². The number of sulfonamides is 1. The van der Waals surface area contributed by atoms with Crippen LogP contribution in [0.3, 0.4) is 0 Å². The van der Waals surface area contributed by atoms with Crippen LogP contribution in [0.25, 0.3) is 0 Å². The molecule has 0 aliphatic heterocycles. The Morgan fingerprint density at radius 1 is 1.00 bits per heavy atom. The predicted molar refractivity (Wildman–Crippen MR) is 134 cm³/mol. The fraction of sp³-hybridized carbons (Fsp3) is 0.440. The van der Waals surface area contributed by atoms with Crippen LogP contribution in [0.4, 0.5) is 5.69 Å². The molecule has 0 aliphatic rings. The van der Waals surface area contributed by atoms with Crippen LogP contribution < -0.4 is 14.4 Å². The van der Waals surface area contributed by atoms with E-state index in [4.69, 9.17) is 4.74 Å². The summed E-state index contributed by atoms with van der Waals surface area (Å²) >= 11 is 0. The van der Waals surface area contributed by atoms with E-state index >= 15 is 0 Å². The summed E-state index contributed by atoms with van der Waals surface area (Å²) in [6.07, 6.45) is 2.20. The Morgan fingerprint density at radius 3 is 2.12 bits per heavy atom. The molecule has 1 N–H and O–H groups in total. The SMILES string of the molecule is CC[C@H](C(=O)N[C@@H](C)CC)N(Cc1ccc(OC)cc1)C(=O)CN(c1ccccc1)S(C)(=O)=O. The number of benzene rings is 2. The topological polar surface area (TPSA) is 96.0 Å². The van der Waals surface area contributed by atoms with Gasteiger partial charge in [0.15, 0.2) is 0 Å². The van der Waals surface area contributed by atoms with Crippen molar-refractivity contribution in [1.29, 1.82) is 0 Å². The average molecular weight is 490 g/mol. The molecule has 0 radical (unpaired) electrons. The first-order chi connectivity index (χ1) is 16.1. The minimum absolute atomic E-state index is 0.0451. The molecule has 0 unspecified atom stereocenters. The highest BCUT2D eigenvalue weighted by atomic mass is 32.2. The standard InChI is InChI=1S/C25H35N3O5S/c1-6-19(3)26-25(30)23(7-2)27(17-20-13-15-22(33-4)16-14-20)24(29)18-28(34(5,31)32)21-11-9-8-10-12-21/h8-16,19,23H,6-7,17-18H2,1-5H3,(H,26,30)/t19-,23+/m0/s1. The van der Waals surface area contributed by atoms with Crippen molar-refractivity contribution in [3.63, 3.8) is 0 Å². The van der Waals surface area contributed by atoms with Crippen LogP contribution in [0, 0.1) is 0 Å². The second kappa shape index (κ2) is 12.4. The summed E-state index contributed by atoms with van der Waals surface area (Å²) in [5.74, 6) is -0.0453. The number of ether oxygens (including phenoxy) is 1. The van der Waals surface area contributed by atoms with Gasteiger partial charge in [-0.3, -0.25) is 13.9 Å². The Kier molecular flexibility index (Phi) is 9.92. The van der Waals surface area contributed by atoms with Crippen LogP contribution in [-0.4, -0.2) is 57.1 Å². The predicted octanol–water partition coefficient (Wildman–Crippen LogP) is 3.18. The summed E-state index contributed by atoms with van der Waals surface area (Å²) < 4.78 is 31.3. The molecule has 0 aromatic heterocycles. The van der Waals surface area contributed by atoms with Gasteiger partial charge in [-0.1, -0.05) is 44.2 Å². The molecule has 2 atom stereocenters. The summed E-state index contributed by atoms with van der Waals surface area (Å²) in [6.45, 7) is 5.45. The number of nitrogens with zero attached hydrogens (tertiary/aromatic N) is 2. The van der Waals surface area contributed by atoms with Gasteiger partial charge in [0.25, 0.3) is 0 Å². The molecule has 186 valence electrons. The monoisotopic (exact) mass is 489 g/mol. The van der Waals surface area contributed by atoms with Crippen LogP contribution >= 0.6 is 0 Å².